The Labute approximate surface area is 122 Å². The summed E-state index contributed by atoms with van der Waals surface area (Å²) in [6.45, 7) is 11.2. The molecule has 19 heavy (non-hydrogen) atoms. The predicted octanol–water partition coefficient (Wildman–Crippen LogP) is 4.11. The molecule has 3 heteroatoms. The SMILES string of the molecule is Cc1nc(CC2(CNCC(C)C)CCCC2)sc1C. The van der Waals surface area contributed by atoms with Gasteiger partial charge in [0.05, 0.1) is 10.7 Å². The van der Waals surface area contributed by atoms with Gasteiger partial charge in [-0.3, -0.25) is 0 Å². The molecule has 2 rings (SSSR count). The highest BCUT2D eigenvalue weighted by Crippen LogP contribution is 2.41. The third-order valence-corrected chi connectivity index (χ3v) is 5.39. The predicted molar refractivity (Wildman–Crippen MR) is 83.9 cm³/mol. The van der Waals surface area contributed by atoms with Gasteiger partial charge in [0.15, 0.2) is 0 Å². The van der Waals surface area contributed by atoms with Crippen LogP contribution >= 0.6 is 11.3 Å². The normalized spacial score (nSPS) is 18.4. The van der Waals surface area contributed by atoms with Crippen molar-refractivity contribution in [2.24, 2.45) is 11.3 Å². The Hall–Kier alpha value is -0.410. The lowest BCUT2D eigenvalue weighted by Crippen LogP contribution is -2.35. The van der Waals surface area contributed by atoms with E-state index in [4.69, 9.17) is 4.98 Å². The lowest BCUT2D eigenvalue weighted by Gasteiger charge is -2.29. The fourth-order valence-corrected chi connectivity index (χ4v) is 4.21. The lowest BCUT2D eigenvalue weighted by molar-refractivity contribution is 0.272. The van der Waals surface area contributed by atoms with Crippen LogP contribution in [0.25, 0.3) is 0 Å². The highest BCUT2D eigenvalue weighted by molar-refractivity contribution is 7.11. The monoisotopic (exact) mass is 280 g/mol. The molecule has 1 N–H and O–H groups in total. The zero-order valence-corrected chi connectivity index (χ0v) is 13.7. The van der Waals surface area contributed by atoms with Gasteiger partial charge in [-0.25, -0.2) is 4.98 Å². The number of hydrogen-bond donors (Lipinski definition) is 1. The Balaban J connectivity index is 1.98. The van der Waals surface area contributed by atoms with E-state index in [1.807, 2.05) is 11.3 Å². The topological polar surface area (TPSA) is 24.9 Å². The minimum absolute atomic E-state index is 0.478. The van der Waals surface area contributed by atoms with E-state index in [-0.39, 0.29) is 0 Å². The zero-order chi connectivity index (χ0) is 13.9. The standard InChI is InChI=1S/C16H28N2S/c1-12(2)10-17-11-16(7-5-6-8-16)9-15-18-13(3)14(4)19-15/h12,17H,5-11H2,1-4H3. The second kappa shape index (κ2) is 6.36. The van der Waals surface area contributed by atoms with E-state index < -0.39 is 0 Å². The lowest BCUT2D eigenvalue weighted by atomic mass is 9.82. The average Bonchev–Trinajstić information content (AvgIpc) is 2.88. The van der Waals surface area contributed by atoms with Crippen LogP contribution in [0.4, 0.5) is 0 Å². The largest absolute Gasteiger partial charge is 0.316 e. The highest BCUT2D eigenvalue weighted by atomic mass is 32.1. The first-order chi connectivity index (χ1) is 9.01. The van der Waals surface area contributed by atoms with E-state index in [1.165, 1.54) is 54.2 Å². The first kappa shape index (κ1) is 15.0. The maximum Gasteiger partial charge on any atom is 0.0936 e. The summed E-state index contributed by atoms with van der Waals surface area (Å²) in [6.07, 6.45) is 6.71. The molecule has 0 atom stereocenters. The molecule has 0 saturated heterocycles. The van der Waals surface area contributed by atoms with Crippen LogP contribution < -0.4 is 5.32 Å². The van der Waals surface area contributed by atoms with Crippen LogP contribution in [0.5, 0.6) is 0 Å². The fraction of sp³-hybridized carbons (Fsp3) is 0.812. The van der Waals surface area contributed by atoms with Gasteiger partial charge in [0.1, 0.15) is 0 Å². The first-order valence-corrected chi connectivity index (χ1v) is 8.46. The minimum Gasteiger partial charge on any atom is -0.316 e. The summed E-state index contributed by atoms with van der Waals surface area (Å²) in [5, 5.41) is 5.04. The van der Waals surface area contributed by atoms with E-state index in [9.17, 15) is 0 Å². The number of nitrogens with zero attached hydrogens (tertiary/aromatic N) is 1. The number of rotatable bonds is 6. The highest BCUT2D eigenvalue weighted by Gasteiger charge is 2.34. The van der Waals surface area contributed by atoms with Gasteiger partial charge in [0.2, 0.25) is 0 Å². The molecular weight excluding hydrogens is 252 g/mol. The number of thiazole rings is 1. The third-order valence-electron chi connectivity index (χ3n) is 4.32. The third kappa shape index (κ3) is 4.03. The van der Waals surface area contributed by atoms with Gasteiger partial charge in [-0.2, -0.15) is 0 Å². The molecule has 108 valence electrons. The molecule has 1 fully saturated rings. The van der Waals surface area contributed by atoms with Gasteiger partial charge < -0.3 is 5.32 Å². The molecule has 1 aromatic heterocycles. The van der Waals surface area contributed by atoms with Crippen LogP contribution in [0.15, 0.2) is 0 Å². The summed E-state index contributed by atoms with van der Waals surface area (Å²) < 4.78 is 0. The van der Waals surface area contributed by atoms with Crippen LogP contribution in [0, 0.1) is 25.2 Å². The quantitative estimate of drug-likeness (QED) is 0.848. The van der Waals surface area contributed by atoms with Gasteiger partial charge in [-0.1, -0.05) is 26.7 Å². The average molecular weight is 280 g/mol. The molecule has 1 heterocycles. The zero-order valence-electron chi connectivity index (χ0n) is 12.9. The Morgan fingerprint density at radius 2 is 1.95 bits per heavy atom. The summed E-state index contributed by atoms with van der Waals surface area (Å²) in [6, 6.07) is 0. The van der Waals surface area contributed by atoms with Gasteiger partial charge in [-0.15, -0.1) is 11.3 Å². The maximum atomic E-state index is 4.75. The van der Waals surface area contributed by atoms with Crippen molar-refractivity contribution in [1.29, 1.82) is 0 Å². The van der Waals surface area contributed by atoms with E-state index in [2.05, 4.69) is 33.0 Å². The van der Waals surface area contributed by atoms with Crippen molar-refractivity contribution in [2.45, 2.75) is 59.8 Å². The molecule has 0 aliphatic heterocycles. The molecule has 0 radical (unpaired) electrons. The Bertz CT molecular complexity index is 383. The van der Waals surface area contributed by atoms with Crippen molar-refractivity contribution in [3.05, 3.63) is 15.6 Å². The number of aromatic nitrogens is 1. The molecule has 1 saturated carbocycles. The summed E-state index contributed by atoms with van der Waals surface area (Å²) >= 11 is 1.90. The van der Waals surface area contributed by atoms with Crippen LogP contribution in [0.3, 0.4) is 0 Å². The maximum absolute atomic E-state index is 4.75. The van der Waals surface area contributed by atoms with Crippen LogP contribution in [0.1, 0.15) is 55.1 Å². The summed E-state index contributed by atoms with van der Waals surface area (Å²) in [5.41, 5.74) is 1.70. The van der Waals surface area contributed by atoms with Crippen molar-refractivity contribution in [3.8, 4) is 0 Å². The van der Waals surface area contributed by atoms with Crippen molar-refractivity contribution in [1.82, 2.24) is 10.3 Å². The van der Waals surface area contributed by atoms with Crippen LogP contribution in [-0.2, 0) is 6.42 Å². The molecule has 0 unspecified atom stereocenters. The van der Waals surface area contributed by atoms with Crippen LogP contribution in [-0.4, -0.2) is 18.1 Å². The Kier molecular flexibility index (Phi) is 5.02. The van der Waals surface area contributed by atoms with E-state index in [0.717, 1.165) is 12.5 Å². The number of aryl methyl sites for hydroxylation is 2. The van der Waals surface area contributed by atoms with E-state index in [0.29, 0.717) is 5.41 Å². The Morgan fingerprint density at radius 1 is 1.26 bits per heavy atom. The van der Waals surface area contributed by atoms with Gasteiger partial charge in [0, 0.05) is 17.8 Å². The van der Waals surface area contributed by atoms with Gasteiger partial charge in [0.25, 0.3) is 0 Å². The smallest absolute Gasteiger partial charge is 0.0936 e. The molecular formula is C16H28N2S. The second-order valence-electron chi connectivity index (χ2n) is 6.66. The van der Waals surface area contributed by atoms with Crippen molar-refractivity contribution in [3.63, 3.8) is 0 Å². The number of nitrogens with one attached hydrogen (secondary N) is 1. The van der Waals surface area contributed by atoms with Crippen molar-refractivity contribution in [2.75, 3.05) is 13.1 Å². The molecule has 0 amide bonds. The summed E-state index contributed by atoms with van der Waals surface area (Å²) in [7, 11) is 0. The first-order valence-electron chi connectivity index (χ1n) is 7.64. The second-order valence-corrected chi connectivity index (χ2v) is 7.95. The molecule has 0 aromatic carbocycles. The van der Waals surface area contributed by atoms with Crippen molar-refractivity contribution < 1.29 is 0 Å². The summed E-state index contributed by atoms with van der Waals surface area (Å²) in [5.74, 6) is 0.739. The molecule has 0 spiro atoms. The van der Waals surface area contributed by atoms with Gasteiger partial charge >= 0.3 is 0 Å². The molecule has 1 aliphatic carbocycles. The van der Waals surface area contributed by atoms with E-state index >= 15 is 0 Å². The number of hydrogen-bond acceptors (Lipinski definition) is 3. The molecule has 2 nitrogen and oxygen atoms in total. The molecule has 1 aromatic rings. The minimum atomic E-state index is 0.478. The van der Waals surface area contributed by atoms with E-state index in [1.54, 1.807) is 0 Å². The fourth-order valence-electron chi connectivity index (χ4n) is 3.10. The van der Waals surface area contributed by atoms with Crippen molar-refractivity contribution >= 4 is 11.3 Å². The van der Waals surface area contributed by atoms with Crippen LogP contribution in [0.2, 0.25) is 0 Å². The molecule has 1 aliphatic rings. The summed E-state index contributed by atoms with van der Waals surface area (Å²) in [4.78, 5) is 6.14. The Morgan fingerprint density at radius 3 is 2.47 bits per heavy atom. The molecule has 0 bridgehead atoms. The van der Waals surface area contributed by atoms with Gasteiger partial charge in [-0.05, 0) is 44.6 Å².